The van der Waals surface area contributed by atoms with Gasteiger partial charge in [-0.05, 0) is 36.5 Å². The Kier molecular flexibility index (Phi) is 5.43. The summed E-state index contributed by atoms with van der Waals surface area (Å²) in [6, 6.07) is 11.8. The largest absolute Gasteiger partial charge is 0.493 e. The van der Waals surface area contributed by atoms with Crippen LogP contribution in [-0.4, -0.2) is 54.8 Å². The lowest BCUT2D eigenvalue weighted by molar-refractivity contribution is 0.188. The first kappa shape index (κ1) is 20.4. The molecule has 2 aromatic carbocycles. The van der Waals surface area contributed by atoms with Crippen molar-refractivity contribution >= 4 is 28.4 Å². The first-order valence-corrected chi connectivity index (χ1v) is 10.9. The molecular weight excluding hydrogens is 406 g/mol. The van der Waals surface area contributed by atoms with Crippen molar-refractivity contribution in [2.24, 2.45) is 5.92 Å². The molecule has 32 heavy (non-hydrogen) atoms. The van der Waals surface area contributed by atoms with Gasteiger partial charge in [0.1, 0.15) is 12.1 Å². The fourth-order valence-corrected chi connectivity index (χ4v) is 4.66. The molecule has 1 aromatic heterocycles. The maximum Gasteiger partial charge on any atom is 0.322 e. The number of ether oxygens (including phenoxy) is 2. The van der Waals surface area contributed by atoms with Crippen LogP contribution in [0.2, 0.25) is 0 Å². The smallest absolute Gasteiger partial charge is 0.322 e. The second kappa shape index (κ2) is 8.53. The summed E-state index contributed by atoms with van der Waals surface area (Å²) in [4.78, 5) is 25.8. The monoisotopic (exact) mass is 433 g/mol. The topological polar surface area (TPSA) is 79.8 Å². The highest BCUT2D eigenvalue weighted by molar-refractivity contribution is 5.93. The molecule has 5 rings (SSSR count). The first-order chi connectivity index (χ1) is 15.7. The van der Waals surface area contributed by atoms with Crippen LogP contribution in [0.4, 0.5) is 16.3 Å². The van der Waals surface area contributed by atoms with Gasteiger partial charge in [-0.2, -0.15) is 0 Å². The Labute approximate surface area is 187 Å². The van der Waals surface area contributed by atoms with Crippen molar-refractivity contribution in [1.29, 1.82) is 0 Å². The average molecular weight is 434 g/mol. The molecule has 2 amide bonds. The molecule has 8 nitrogen and oxygen atoms in total. The minimum absolute atomic E-state index is 0.00559. The average Bonchev–Trinajstić information content (AvgIpc) is 2.83. The molecule has 166 valence electrons. The summed E-state index contributed by atoms with van der Waals surface area (Å²) in [6.07, 6.45) is 3.61. The highest BCUT2D eigenvalue weighted by Gasteiger charge is 2.28. The summed E-state index contributed by atoms with van der Waals surface area (Å²) in [6.45, 7) is 3.21. The molecule has 0 spiro atoms. The minimum Gasteiger partial charge on any atom is -0.493 e. The maximum atomic E-state index is 12.5. The number of piperidine rings is 1. The number of hydrogen-bond donors (Lipinski definition) is 1. The number of para-hydroxylation sites is 1. The van der Waals surface area contributed by atoms with E-state index in [-0.39, 0.29) is 6.03 Å². The number of methoxy groups -OCH3 is 2. The molecule has 2 aliphatic rings. The van der Waals surface area contributed by atoms with E-state index in [1.165, 1.54) is 5.56 Å². The quantitative estimate of drug-likeness (QED) is 0.657. The van der Waals surface area contributed by atoms with E-state index in [2.05, 4.69) is 26.3 Å². The number of anilines is 2. The number of benzene rings is 2. The van der Waals surface area contributed by atoms with Crippen LogP contribution in [0.15, 0.2) is 42.7 Å². The maximum absolute atomic E-state index is 12.5. The molecule has 0 saturated carbocycles. The molecule has 0 bridgehead atoms. The first-order valence-electron chi connectivity index (χ1n) is 10.9. The number of urea groups is 1. The van der Waals surface area contributed by atoms with Gasteiger partial charge in [-0.25, -0.2) is 14.8 Å². The normalized spacial score (nSPS) is 16.6. The predicted molar refractivity (Wildman–Crippen MR) is 123 cm³/mol. The molecule has 1 saturated heterocycles. The zero-order valence-electron chi connectivity index (χ0n) is 18.4. The van der Waals surface area contributed by atoms with Gasteiger partial charge >= 0.3 is 6.03 Å². The molecule has 0 atom stereocenters. The fraction of sp³-hybridized carbons (Fsp3) is 0.375. The van der Waals surface area contributed by atoms with Crippen LogP contribution in [0.25, 0.3) is 10.9 Å². The SMILES string of the molecule is COc1cc2ncnc(N3CCC(CN4Cc5ccccc5NC4=O)CC3)c2cc1OC. The van der Waals surface area contributed by atoms with Gasteiger partial charge < -0.3 is 24.6 Å². The van der Waals surface area contributed by atoms with Gasteiger partial charge in [-0.3, -0.25) is 0 Å². The zero-order valence-corrected chi connectivity index (χ0v) is 18.4. The lowest BCUT2D eigenvalue weighted by atomic mass is 9.95. The summed E-state index contributed by atoms with van der Waals surface area (Å²) in [5.74, 6) is 2.70. The highest BCUT2D eigenvalue weighted by Crippen LogP contribution is 2.36. The van der Waals surface area contributed by atoms with Gasteiger partial charge in [0.2, 0.25) is 0 Å². The Bertz CT molecular complexity index is 1140. The number of carbonyl (C=O) groups excluding carboxylic acids is 1. The van der Waals surface area contributed by atoms with Crippen molar-refractivity contribution in [3.05, 3.63) is 48.3 Å². The van der Waals surface area contributed by atoms with Crippen molar-refractivity contribution in [3.8, 4) is 11.5 Å². The molecule has 0 radical (unpaired) electrons. The number of amides is 2. The Morgan fingerprint density at radius 3 is 2.59 bits per heavy atom. The third kappa shape index (κ3) is 3.77. The van der Waals surface area contributed by atoms with Gasteiger partial charge in [0.05, 0.1) is 19.7 Å². The summed E-state index contributed by atoms with van der Waals surface area (Å²) in [5, 5.41) is 3.97. The van der Waals surface area contributed by atoms with E-state index in [1.807, 2.05) is 35.2 Å². The summed E-state index contributed by atoms with van der Waals surface area (Å²) in [7, 11) is 3.26. The standard InChI is InChI=1S/C24H27N5O3/c1-31-21-11-18-20(12-22(21)32-2)25-15-26-23(18)28-9-7-16(8-10-28)13-29-14-17-5-3-4-6-19(17)27-24(29)30/h3-6,11-12,15-16H,7-10,13-14H2,1-2H3,(H,27,30). The number of nitrogens with one attached hydrogen (secondary N) is 1. The fourth-order valence-electron chi connectivity index (χ4n) is 4.66. The van der Waals surface area contributed by atoms with Gasteiger partial charge in [0, 0.05) is 43.3 Å². The van der Waals surface area contributed by atoms with E-state index in [4.69, 9.17) is 9.47 Å². The Morgan fingerprint density at radius 1 is 1.06 bits per heavy atom. The second-order valence-corrected chi connectivity index (χ2v) is 8.32. The molecular formula is C24H27N5O3. The van der Waals surface area contributed by atoms with Crippen molar-refractivity contribution in [3.63, 3.8) is 0 Å². The van der Waals surface area contributed by atoms with Gasteiger partial charge in [-0.15, -0.1) is 0 Å². The molecule has 0 unspecified atom stereocenters. The molecule has 8 heteroatoms. The van der Waals surface area contributed by atoms with E-state index < -0.39 is 0 Å². The third-order valence-electron chi connectivity index (χ3n) is 6.42. The molecule has 0 aliphatic carbocycles. The van der Waals surface area contributed by atoms with E-state index >= 15 is 0 Å². The number of fused-ring (bicyclic) bond motifs is 2. The molecule has 1 fully saturated rings. The van der Waals surface area contributed by atoms with Crippen LogP contribution in [0.3, 0.4) is 0 Å². The second-order valence-electron chi connectivity index (χ2n) is 8.32. The number of aromatic nitrogens is 2. The van der Waals surface area contributed by atoms with Gasteiger partial charge in [0.25, 0.3) is 0 Å². The highest BCUT2D eigenvalue weighted by atomic mass is 16.5. The number of rotatable bonds is 5. The van der Waals surface area contributed by atoms with Crippen molar-refractivity contribution in [2.45, 2.75) is 19.4 Å². The molecule has 3 heterocycles. The van der Waals surface area contributed by atoms with E-state index in [0.29, 0.717) is 24.0 Å². The van der Waals surface area contributed by atoms with Crippen LogP contribution in [0.5, 0.6) is 11.5 Å². The van der Waals surface area contributed by atoms with Crippen molar-refractivity contribution < 1.29 is 14.3 Å². The van der Waals surface area contributed by atoms with Crippen LogP contribution in [-0.2, 0) is 6.54 Å². The molecule has 3 aromatic rings. The summed E-state index contributed by atoms with van der Waals surface area (Å²) >= 11 is 0. The van der Waals surface area contributed by atoms with Crippen LogP contribution < -0.4 is 19.7 Å². The van der Waals surface area contributed by atoms with E-state index in [1.54, 1.807) is 20.5 Å². The number of carbonyl (C=O) groups is 1. The van der Waals surface area contributed by atoms with Crippen molar-refractivity contribution in [1.82, 2.24) is 14.9 Å². The number of hydrogen-bond acceptors (Lipinski definition) is 6. The van der Waals surface area contributed by atoms with Crippen LogP contribution in [0.1, 0.15) is 18.4 Å². The Morgan fingerprint density at radius 2 is 1.81 bits per heavy atom. The summed E-state index contributed by atoms with van der Waals surface area (Å²) in [5.41, 5.74) is 2.92. The van der Waals surface area contributed by atoms with Gasteiger partial charge in [-0.1, -0.05) is 18.2 Å². The molecule has 2 aliphatic heterocycles. The van der Waals surface area contributed by atoms with Crippen LogP contribution >= 0.6 is 0 Å². The van der Waals surface area contributed by atoms with Gasteiger partial charge in [0.15, 0.2) is 11.5 Å². The Hall–Kier alpha value is -3.55. The zero-order chi connectivity index (χ0) is 22.1. The lowest BCUT2D eigenvalue weighted by Gasteiger charge is -2.37. The summed E-state index contributed by atoms with van der Waals surface area (Å²) < 4.78 is 10.9. The number of nitrogens with zero attached hydrogens (tertiary/aromatic N) is 4. The third-order valence-corrected chi connectivity index (χ3v) is 6.42. The predicted octanol–water partition coefficient (Wildman–Crippen LogP) is 3.91. The molecule has 1 N–H and O–H groups in total. The lowest BCUT2D eigenvalue weighted by Crippen LogP contribution is -2.44. The van der Waals surface area contributed by atoms with Crippen LogP contribution in [0, 0.1) is 5.92 Å². The van der Waals surface area contributed by atoms with E-state index in [0.717, 1.165) is 54.9 Å². The Balaban J connectivity index is 1.28. The van der Waals surface area contributed by atoms with Crippen molar-refractivity contribution in [2.75, 3.05) is 44.1 Å². The van der Waals surface area contributed by atoms with E-state index in [9.17, 15) is 4.79 Å². The minimum atomic E-state index is -0.00559.